The molecule has 1 unspecified atom stereocenters. The molecule has 0 radical (unpaired) electrons. The summed E-state index contributed by atoms with van der Waals surface area (Å²) < 4.78 is 15.9. The summed E-state index contributed by atoms with van der Waals surface area (Å²) in [6.07, 6.45) is 0.937. The van der Waals surface area contributed by atoms with Gasteiger partial charge in [0, 0.05) is 19.8 Å². The highest BCUT2D eigenvalue weighted by Crippen LogP contribution is 2.27. The van der Waals surface area contributed by atoms with Crippen LogP contribution in [0.4, 0.5) is 0 Å². The van der Waals surface area contributed by atoms with Crippen LogP contribution in [0.1, 0.15) is 29.2 Å². The molecule has 0 amide bonds. The van der Waals surface area contributed by atoms with Gasteiger partial charge in [0.05, 0.1) is 20.3 Å². The van der Waals surface area contributed by atoms with Gasteiger partial charge >= 0.3 is 0 Å². The zero-order valence-corrected chi connectivity index (χ0v) is 13.3. The largest absolute Gasteiger partial charge is 0.496 e. The van der Waals surface area contributed by atoms with Gasteiger partial charge < -0.3 is 19.5 Å². The van der Waals surface area contributed by atoms with E-state index in [1.54, 1.807) is 14.2 Å². The highest BCUT2D eigenvalue weighted by molar-refractivity contribution is 5.42. The van der Waals surface area contributed by atoms with Crippen molar-refractivity contribution >= 4 is 0 Å². The molecule has 1 aromatic carbocycles. The van der Waals surface area contributed by atoms with E-state index in [4.69, 9.17) is 14.2 Å². The van der Waals surface area contributed by atoms with E-state index in [0.29, 0.717) is 19.3 Å². The summed E-state index contributed by atoms with van der Waals surface area (Å²) in [5, 5.41) is 3.36. The maximum atomic E-state index is 5.55. The van der Waals surface area contributed by atoms with E-state index in [1.807, 2.05) is 7.05 Å². The van der Waals surface area contributed by atoms with Crippen molar-refractivity contribution in [3.63, 3.8) is 0 Å². The van der Waals surface area contributed by atoms with Gasteiger partial charge in [-0.05, 0) is 50.1 Å². The predicted molar refractivity (Wildman–Crippen MR) is 81.6 cm³/mol. The van der Waals surface area contributed by atoms with Crippen LogP contribution >= 0.6 is 0 Å². The fourth-order valence-electron chi connectivity index (χ4n) is 2.31. The van der Waals surface area contributed by atoms with E-state index in [2.05, 4.69) is 31.3 Å². The van der Waals surface area contributed by atoms with E-state index in [-0.39, 0.29) is 0 Å². The smallest absolute Gasteiger partial charge is 0.122 e. The van der Waals surface area contributed by atoms with Crippen LogP contribution in [-0.4, -0.2) is 41.1 Å². The van der Waals surface area contributed by atoms with Crippen LogP contribution < -0.4 is 10.1 Å². The molecule has 0 heterocycles. The summed E-state index contributed by atoms with van der Waals surface area (Å²) in [7, 11) is 5.38. The van der Waals surface area contributed by atoms with Crippen molar-refractivity contribution in [3.05, 3.63) is 28.8 Å². The second kappa shape index (κ2) is 8.95. The predicted octanol–water partition coefficient (Wildman–Crippen LogP) is 2.63. The lowest BCUT2D eigenvalue weighted by Gasteiger charge is -2.20. The Labute approximate surface area is 122 Å². The first-order valence-electron chi connectivity index (χ1n) is 7.03. The summed E-state index contributed by atoms with van der Waals surface area (Å²) in [4.78, 5) is 0. The minimum atomic E-state index is 0.294. The summed E-state index contributed by atoms with van der Waals surface area (Å²) >= 11 is 0. The Hall–Kier alpha value is -1.10. The molecule has 0 aliphatic rings. The molecule has 114 valence electrons. The fraction of sp³-hybridized carbons (Fsp3) is 0.625. The van der Waals surface area contributed by atoms with Gasteiger partial charge in [-0.15, -0.1) is 0 Å². The van der Waals surface area contributed by atoms with Crippen molar-refractivity contribution in [2.45, 2.75) is 26.3 Å². The molecule has 0 bridgehead atoms. The van der Waals surface area contributed by atoms with E-state index >= 15 is 0 Å². The Morgan fingerprint density at radius 1 is 1.05 bits per heavy atom. The number of rotatable bonds is 9. The van der Waals surface area contributed by atoms with Gasteiger partial charge in [-0.3, -0.25) is 0 Å². The third kappa shape index (κ3) is 4.78. The van der Waals surface area contributed by atoms with Crippen LogP contribution in [0, 0.1) is 13.8 Å². The molecular formula is C16H27NO3. The third-order valence-electron chi connectivity index (χ3n) is 3.49. The number of aryl methyl sites for hydroxylation is 2. The van der Waals surface area contributed by atoms with Gasteiger partial charge in [0.1, 0.15) is 5.75 Å². The Bertz CT molecular complexity index is 407. The molecule has 20 heavy (non-hydrogen) atoms. The molecule has 0 fully saturated rings. The molecule has 0 aliphatic carbocycles. The first-order chi connectivity index (χ1) is 9.63. The van der Waals surface area contributed by atoms with Crippen molar-refractivity contribution in [1.82, 2.24) is 5.32 Å². The van der Waals surface area contributed by atoms with Crippen LogP contribution in [0.5, 0.6) is 5.75 Å². The second-order valence-corrected chi connectivity index (χ2v) is 4.91. The van der Waals surface area contributed by atoms with E-state index in [0.717, 1.165) is 24.3 Å². The topological polar surface area (TPSA) is 39.7 Å². The normalized spacial score (nSPS) is 12.4. The molecule has 1 atom stereocenters. The third-order valence-corrected chi connectivity index (χ3v) is 3.49. The molecule has 0 aliphatic heterocycles. The first kappa shape index (κ1) is 17.0. The van der Waals surface area contributed by atoms with Gasteiger partial charge in [-0.2, -0.15) is 0 Å². The number of nitrogens with one attached hydrogen (secondary N) is 1. The summed E-state index contributed by atoms with van der Waals surface area (Å²) in [5.74, 6) is 0.942. The highest BCUT2D eigenvalue weighted by atomic mass is 16.5. The Balaban J connectivity index is 2.67. The number of ether oxygens (including phenoxy) is 3. The van der Waals surface area contributed by atoms with Gasteiger partial charge in [0.15, 0.2) is 0 Å². The molecule has 0 saturated carbocycles. The van der Waals surface area contributed by atoms with Gasteiger partial charge in [0.2, 0.25) is 0 Å². The lowest BCUT2D eigenvalue weighted by atomic mass is 9.96. The molecule has 1 rings (SSSR count). The minimum absolute atomic E-state index is 0.294. The lowest BCUT2D eigenvalue weighted by Crippen LogP contribution is -2.20. The first-order valence-corrected chi connectivity index (χ1v) is 7.03. The Morgan fingerprint density at radius 2 is 1.80 bits per heavy atom. The van der Waals surface area contributed by atoms with Crippen molar-refractivity contribution in [3.8, 4) is 5.75 Å². The van der Waals surface area contributed by atoms with Crippen molar-refractivity contribution < 1.29 is 14.2 Å². The van der Waals surface area contributed by atoms with Crippen LogP contribution in [0.15, 0.2) is 12.1 Å². The zero-order chi connectivity index (χ0) is 15.0. The standard InChI is InChI=1S/C16H27NO3/c1-12-11-16(19-5)13(2)10-14(12)15(17-3)6-7-20-9-8-18-4/h10-11,15,17H,6-9H2,1-5H3. The molecule has 0 aromatic heterocycles. The SMILES string of the molecule is CNC(CCOCCOC)c1cc(C)c(OC)cc1C. The van der Waals surface area contributed by atoms with Crippen molar-refractivity contribution in [2.24, 2.45) is 0 Å². The summed E-state index contributed by atoms with van der Waals surface area (Å²) in [5.41, 5.74) is 3.71. The molecule has 1 aromatic rings. The van der Waals surface area contributed by atoms with Crippen molar-refractivity contribution in [1.29, 1.82) is 0 Å². The van der Waals surface area contributed by atoms with Crippen LogP contribution in [0.2, 0.25) is 0 Å². The van der Waals surface area contributed by atoms with Crippen molar-refractivity contribution in [2.75, 3.05) is 41.1 Å². The zero-order valence-electron chi connectivity index (χ0n) is 13.3. The maximum absolute atomic E-state index is 5.55. The summed E-state index contributed by atoms with van der Waals surface area (Å²) in [6, 6.07) is 4.59. The molecule has 0 spiro atoms. The number of benzene rings is 1. The van der Waals surface area contributed by atoms with Crippen LogP contribution in [-0.2, 0) is 9.47 Å². The molecule has 0 saturated heterocycles. The van der Waals surface area contributed by atoms with Gasteiger partial charge in [-0.25, -0.2) is 0 Å². The van der Waals surface area contributed by atoms with Gasteiger partial charge in [-0.1, -0.05) is 6.07 Å². The van der Waals surface area contributed by atoms with E-state index < -0.39 is 0 Å². The number of methoxy groups -OCH3 is 2. The average molecular weight is 281 g/mol. The van der Waals surface area contributed by atoms with Gasteiger partial charge in [0.25, 0.3) is 0 Å². The monoisotopic (exact) mass is 281 g/mol. The number of hydrogen-bond acceptors (Lipinski definition) is 4. The Morgan fingerprint density at radius 3 is 2.40 bits per heavy atom. The van der Waals surface area contributed by atoms with E-state index in [9.17, 15) is 0 Å². The number of hydrogen-bond donors (Lipinski definition) is 1. The van der Waals surface area contributed by atoms with E-state index in [1.165, 1.54) is 11.1 Å². The fourth-order valence-corrected chi connectivity index (χ4v) is 2.31. The average Bonchev–Trinajstić information content (AvgIpc) is 2.45. The van der Waals surface area contributed by atoms with Crippen LogP contribution in [0.25, 0.3) is 0 Å². The maximum Gasteiger partial charge on any atom is 0.122 e. The second-order valence-electron chi connectivity index (χ2n) is 4.91. The Kier molecular flexibility index (Phi) is 7.59. The minimum Gasteiger partial charge on any atom is -0.496 e. The molecular weight excluding hydrogens is 254 g/mol. The highest BCUT2D eigenvalue weighted by Gasteiger charge is 2.14. The summed E-state index contributed by atoms with van der Waals surface area (Å²) in [6.45, 7) is 6.20. The molecule has 1 N–H and O–H groups in total. The van der Waals surface area contributed by atoms with Crippen LogP contribution in [0.3, 0.4) is 0 Å². The quantitative estimate of drug-likeness (QED) is 0.706. The molecule has 4 heteroatoms. The lowest BCUT2D eigenvalue weighted by molar-refractivity contribution is 0.0660. The molecule has 4 nitrogen and oxygen atoms in total.